The summed E-state index contributed by atoms with van der Waals surface area (Å²) in [5.41, 5.74) is 1.57. The molecule has 1 fully saturated rings. The largest absolute Gasteiger partial charge is 0.490 e. The lowest BCUT2D eigenvalue weighted by Gasteiger charge is -2.30. The maximum atomic E-state index is 14.6. The number of carbonyl (C=O) groups excluding carboxylic acids is 1. The zero-order valence-corrected chi connectivity index (χ0v) is 13.8. The molecular formula is C19H19FN2O3. The second kappa shape index (κ2) is 6.72. The SMILES string of the molecule is O=C(c1ccc(N2CCOCC2)c(F)c1)N1CCOc2ccccc21. The fourth-order valence-corrected chi connectivity index (χ4v) is 3.24. The molecule has 2 aliphatic heterocycles. The maximum Gasteiger partial charge on any atom is 0.258 e. The zero-order chi connectivity index (χ0) is 17.2. The minimum atomic E-state index is -0.380. The van der Waals surface area contributed by atoms with Gasteiger partial charge in [-0.3, -0.25) is 4.79 Å². The van der Waals surface area contributed by atoms with Crippen LogP contribution in [0.1, 0.15) is 10.4 Å². The van der Waals surface area contributed by atoms with Crippen LogP contribution in [0.25, 0.3) is 0 Å². The predicted molar refractivity (Wildman–Crippen MR) is 93.0 cm³/mol. The normalized spacial score (nSPS) is 17.0. The molecule has 25 heavy (non-hydrogen) atoms. The Labute approximate surface area is 145 Å². The topological polar surface area (TPSA) is 42.0 Å². The molecule has 130 valence electrons. The molecule has 2 aromatic carbocycles. The zero-order valence-electron chi connectivity index (χ0n) is 13.8. The Morgan fingerprint density at radius 1 is 0.960 bits per heavy atom. The Morgan fingerprint density at radius 2 is 1.76 bits per heavy atom. The molecule has 0 aromatic heterocycles. The van der Waals surface area contributed by atoms with Crippen molar-refractivity contribution in [1.82, 2.24) is 0 Å². The van der Waals surface area contributed by atoms with Crippen LogP contribution in [-0.2, 0) is 4.74 Å². The first-order valence-corrected chi connectivity index (χ1v) is 8.40. The van der Waals surface area contributed by atoms with Gasteiger partial charge in [0.25, 0.3) is 5.91 Å². The summed E-state index contributed by atoms with van der Waals surface area (Å²) in [5, 5.41) is 0. The van der Waals surface area contributed by atoms with Crippen molar-refractivity contribution in [3.05, 3.63) is 53.8 Å². The molecule has 0 aliphatic carbocycles. The fraction of sp³-hybridized carbons (Fsp3) is 0.316. The van der Waals surface area contributed by atoms with Gasteiger partial charge in [0.05, 0.1) is 31.1 Å². The lowest BCUT2D eigenvalue weighted by Crippen LogP contribution is -2.38. The highest BCUT2D eigenvalue weighted by atomic mass is 19.1. The van der Waals surface area contributed by atoms with Gasteiger partial charge in [0.2, 0.25) is 0 Å². The number of halogens is 1. The number of amides is 1. The van der Waals surface area contributed by atoms with Crippen molar-refractivity contribution >= 4 is 17.3 Å². The third-order valence-corrected chi connectivity index (χ3v) is 4.52. The van der Waals surface area contributed by atoms with Crippen molar-refractivity contribution in [3.8, 4) is 5.75 Å². The second-order valence-electron chi connectivity index (χ2n) is 6.04. The highest BCUT2D eigenvalue weighted by molar-refractivity contribution is 6.07. The van der Waals surface area contributed by atoms with E-state index < -0.39 is 0 Å². The summed E-state index contributed by atoms with van der Waals surface area (Å²) in [7, 11) is 0. The molecule has 0 N–H and O–H groups in total. The fourth-order valence-electron chi connectivity index (χ4n) is 3.24. The number of hydrogen-bond acceptors (Lipinski definition) is 4. The van der Waals surface area contributed by atoms with Crippen LogP contribution < -0.4 is 14.5 Å². The number of hydrogen-bond donors (Lipinski definition) is 0. The number of morpholine rings is 1. The Bertz CT molecular complexity index is 790. The van der Waals surface area contributed by atoms with Gasteiger partial charge in [-0.2, -0.15) is 0 Å². The van der Waals surface area contributed by atoms with E-state index >= 15 is 0 Å². The van der Waals surface area contributed by atoms with E-state index in [0.29, 0.717) is 56.5 Å². The van der Waals surface area contributed by atoms with Gasteiger partial charge in [0.1, 0.15) is 18.2 Å². The van der Waals surface area contributed by atoms with Gasteiger partial charge in [-0.15, -0.1) is 0 Å². The highest BCUT2D eigenvalue weighted by Crippen LogP contribution is 2.32. The average Bonchev–Trinajstić information content (AvgIpc) is 2.67. The van der Waals surface area contributed by atoms with Gasteiger partial charge in [-0.05, 0) is 30.3 Å². The minimum Gasteiger partial charge on any atom is -0.490 e. The molecule has 2 aliphatic rings. The van der Waals surface area contributed by atoms with E-state index in [-0.39, 0.29) is 11.7 Å². The molecule has 1 saturated heterocycles. The summed E-state index contributed by atoms with van der Waals surface area (Å²) in [6.45, 7) is 3.36. The Kier molecular flexibility index (Phi) is 4.28. The molecule has 5 nitrogen and oxygen atoms in total. The molecule has 4 rings (SSSR count). The summed E-state index contributed by atoms with van der Waals surface area (Å²) in [6.07, 6.45) is 0. The molecule has 0 spiro atoms. The van der Waals surface area contributed by atoms with E-state index in [1.807, 2.05) is 29.2 Å². The van der Waals surface area contributed by atoms with Crippen LogP contribution in [0.15, 0.2) is 42.5 Å². The van der Waals surface area contributed by atoms with Gasteiger partial charge >= 0.3 is 0 Å². The molecule has 0 unspecified atom stereocenters. The van der Waals surface area contributed by atoms with Gasteiger partial charge in [0.15, 0.2) is 0 Å². The van der Waals surface area contributed by atoms with Gasteiger partial charge < -0.3 is 19.3 Å². The summed E-state index contributed by atoms with van der Waals surface area (Å²) >= 11 is 0. The first-order valence-electron chi connectivity index (χ1n) is 8.40. The molecule has 0 bridgehead atoms. The molecule has 0 saturated carbocycles. The van der Waals surface area contributed by atoms with E-state index in [1.54, 1.807) is 17.0 Å². The summed E-state index contributed by atoms with van der Waals surface area (Å²) in [6, 6.07) is 12.1. The molecule has 2 aromatic rings. The van der Waals surface area contributed by atoms with Crippen LogP contribution in [-0.4, -0.2) is 45.4 Å². The van der Waals surface area contributed by atoms with Crippen molar-refractivity contribution in [2.24, 2.45) is 0 Å². The van der Waals surface area contributed by atoms with Gasteiger partial charge in [-0.1, -0.05) is 12.1 Å². The second-order valence-corrected chi connectivity index (χ2v) is 6.04. The Balaban J connectivity index is 1.60. The maximum absolute atomic E-state index is 14.6. The average molecular weight is 342 g/mol. The van der Waals surface area contributed by atoms with Crippen molar-refractivity contribution in [1.29, 1.82) is 0 Å². The van der Waals surface area contributed by atoms with Gasteiger partial charge in [0, 0.05) is 18.7 Å². The van der Waals surface area contributed by atoms with Crippen molar-refractivity contribution < 1.29 is 18.7 Å². The number of ether oxygens (including phenoxy) is 2. The van der Waals surface area contributed by atoms with Crippen LogP contribution in [0.5, 0.6) is 5.75 Å². The summed E-state index contributed by atoms with van der Waals surface area (Å²) in [4.78, 5) is 16.5. The summed E-state index contributed by atoms with van der Waals surface area (Å²) < 4.78 is 25.5. The number of rotatable bonds is 2. The van der Waals surface area contributed by atoms with Crippen LogP contribution in [0.3, 0.4) is 0 Å². The number of nitrogens with zero attached hydrogens (tertiary/aromatic N) is 2. The van der Waals surface area contributed by atoms with Crippen LogP contribution in [0.4, 0.5) is 15.8 Å². The number of benzene rings is 2. The number of fused-ring (bicyclic) bond motifs is 1. The molecule has 0 radical (unpaired) electrons. The molecule has 1 amide bonds. The smallest absolute Gasteiger partial charge is 0.258 e. The monoisotopic (exact) mass is 342 g/mol. The summed E-state index contributed by atoms with van der Waals surface area (Å²) in [5.74, 6) is 0.0741. The molecule has 0 atom stereocenters. The third kappa shape index (κ3) is 3.05. The number of carbonyl (C=O) groups is 1. The lowest BCUT2D eigenvalue weighted by atomic mass is 10.1. The molecule has 2 heterocycles. The van der Waals surface area contributed by atoms with E-state index in [4.69, 9.17) is 9.47 Å². The van der Waals surface area contributed by atoms with E-state index in [0.717, 1.165) is 5.69 Å². The third-order valence-electron chi connectivity index (χ3n) is 4.52. The number of para-hydroxylation sites is 2. The highest BCUT2D eigenvalue weighted by Gasteiger charge is 2.25. The van der Waals surface area contributed by atoms with Crippen molar-refractivity contribution in [2.45, 2.75) is 0 Å². The molecule has 6 heteroatoms. The van der Waals surface area contributed by atoms with Crippen LogP contribution in [0.2, 0.25) is 0 Å². The van der Waals surface area contributed by atoms with E-state index in [2.05, 4.69) is 0 Å². The Hall–Kier alpha value is -2.60. The standard InChI is InChI=1S/C19H19FN2O3/c20-15-13-14(5-6-16(15)21-7-10-24-11-8-21)19(23)22-9-12-25-18-4-2-1-3-17(18)22/h1-6,13H,7-12H2. The van der Waals surface area contributed by atoms with Crippen molar-refractivity contribution in [3.63, 3.8) is 0 Å². The van der Waals surface area contributed by atoms with Gasteiger partial charge in [-0.25, -0.2) is 4.39 Å². The first kappa shape index (κ1) is 15.9. The quantitative estimate of drug-likeness (QED) is 0.842. The van der Waals surface area contributed by atoms with E-state index in [1.165, 1.54) is 6.07 Å². The van der Waals surface area contributed by atoms with Crippen molar-refractivity contribution in [2.75, 3.05) is 49.3 Å². The Morgan fingerprint density at radius 3 is 2.56 bits per heavy atom. The molecular weight excluding hydrogens is 323 g/mol. The van der Waals surface area contributed by atoms with Crippen LogP contribution in [0, 0.1) is 5.82 Å². The lowest BCUT2D eigenvalue weighted by molar-refractivity contribution is 0.0976. The van der Waals surface area contributed by atoms with E-state index in [9.17, 15) is 9.18 Å². The number of anilines is 2. The minimum absolute atomic E-state index is 0.219. The van der Waals surface area contributed by atoms with Crippen LogP contribution >= 0.6 is 0 Å². The first-order chi connectivity index (χ1) is 12.2. The predicted octanol–water partition coefficient (Wildman–Crippen LogP) is 2.70.